The lowest BCUT2D eigenvalue weighted by Crippen LogP contribution is -2.42. The Morgan fingerprint density at radius 1 is 1.30 bits per heavy atom. The van der Waals surface area contributed by atoms with E-state index in [1.54, 1.807) is 5.32 Å². The van der Waals surface area contributed by atoms with Crippen LogP contribution in [0.4, 0.5) is 9.18 Å². The van der Waals surface area contributed by atoms with Gasteiger partial charge in [-0.1, -0.05) is 0 Å². The molecule has 1 unspecified atom stereocenters. The number of amides is 3. The second kappa shape index (κ2) is 8.41. The van der Waals surface area contributed by atoms with Crippen molar-refractivity contribution in [3.8, 4) is 0 Å². The molecule has 1 aliphatic heterocycles. The fraction of sp³-hybridized carbons (Fsp3) is 0.400. The number of rotatable bonds is 5. The number of urea groups is 1. The molecular formula is C15H18FN3O7S. The number of hydrogen-bond donors (Lipinski definition) is 2. The minimum atomic E-state index is -4.18. The molecule has 0 aromatic heterocycles. The summed E-state index contributed by atoms with van der Waals surface area (Å²) in [4.78, 5) is 33.6. The van der Waals surface area contributed by atoms with Crippen LogP contribution >= 0.6 is 0 Å². The third kappa shape index (κ3) is 4.99. The van der Waals surface area contributed by atoms with Gasteiger partial charge in [0.2, 0.25) is 10.0 Å². The summed E-state index contributed by atoms with van der Waals surface area (Å²) in [5.74, 6) is -3.06. The summed E-state index contributed by atoms with van der Waals surface area (Å²) in [6.45, 7) is 1.65. The largest absolute Gasteiger partial charge is 0.449 e. The number of sulfonamides is 1. The molecule has 0 aliphatic carbocycles. The molecule has 1 atom stereocenters. The maximum absolute atomic E-state index is 14.1. The van der Waals surface area contributed by atoms with Gasteiger partial charge in [-0.2, -0.15) is 4.31 Å². The van der Waals surface area contributed by atoms with Crippen LogP contribution in [-0.4, -0.2) is 63.0 Å². The molecule has 1 heterocycles. The van der Waals surface area contributed by atoms with E-state index in [0.29, 0.717) is 0 Å². The zero-order chi connectivity index (χ0) is 20.2. The van der Waals surface area contributed by atoms with E-state index in [-0.39, 0.29) is 31.9 Å². The first-order valence-corrected chi connectivity index (χ1v) is 9.25. The fourth-order valence-electron chi connectivity index (χ4n) is 2.26. The molecule has 3 N–H and O–H groups in total. The van der Waals surface area contributed by atoms with E-state index in [0.717, 1.165) is 22.5 Å². The van der Waals surface area contributed by atoms with Gasteiger partial charge in [0.15, 0.2) is 6.10 Å². The first-order valence-electron chi connectivity index (χ1n) is 7.81. The van der Waals surface area contributed by atoms with Crippen molar-refractivity contribution in [2.45, 2.75) is 17.9 Å². The lowest BCUT2D eigenvalue weighted by molar-refractivity contribution is -0.127. The minimum absolute atomic E-state index is 0.0563. The molecule has 10 nitrogen and oxygen atoms in total. The molecule has 1 aromatic rings. The monoisotopic (exact) mass is 403 g/mol. The standard InChI is InChI=1S/C15H18FN3O7S/c1-9(13(20)18-15(17)22)26-14(21)10-2-3-11(16)12(8-10)27(23,24)19-4-6-25-7-5-19/h2-3,8-9H,4-7H2,1H3,(H3,17,18,20,22). The Balaban J connectivity index is 2.22. The second-order valence-electron chi connectivity index (χ2n) is 5.56. The van der Waals surface area contributed by atoms with Crippen molar-refractivity contribution < 1.29 is 36.7 Å². The van der Waals surface area contributed by atoms with E-state index in [1.165, 1.54) is 6.92 Å². The Morgan fingerprint density at radius 2 is 1.93 bits per heavy atom. The number of halogens is 1. The summed E-state index contributed by atoms with van der Waals surface area (Å²) in [7, 11) is -4.18. The minimum Gasteiger partial charge on any atom is -0.449 e. The lowest BCUT2D eigenvalue weighted by Gasteiger charge is -2.26. The third-order valence-corrected chi connectivity index (χ3v) is 5.57. The van der Waals surface area contributed by atoms with Crippen LogP contribution in [0.25, 0.3) is 0 Å². The Morgan fingerprint density at radius 3 is 2.52 bits per heavy atom. The number of esters is 1. The first kappa shape index (κ1) is 20.7. The van der Waals surface area contributed by atoms with Crippen molar-refractivity contribution in [2.24, 2.45) is 5.73 Å². The molecule has 0 saturated carbocycles. The summed E-state index contributed by atoms with van der Waals surface area (Å²) in [5.41, 5.74) is 4.52. The molecule has 3 amide bonds. The van der Waals surface area contributed by atoms with Crippen LogP contribution in [0.1, 0.15) is 17.3 Å². The normalized spacial score (nSPS) is 16.4. The quantitative estimate of drug-likeness (QED) is 0.636. The molecular weight excluding hydrogens is 385 g/mol. The summed E-state index contributed by atoms with van der Waals surface area (Å²) in [5, 5.41) is 1.74. The Hall–Kier alpha value is -2.57. The van der Waals surface area contributed by atoms with Crippen LogP contribution in [0.15, 0.2) is 23.1 Å². The number of nitrogens with two attached hydrogens (primary N) is 1. The van der Waals surface area contributed by atoms with Gasteiger partial charge >= 0.3 is 12.0 Å². The van der Waals surface area contributed by atoms with Crippen molar-refractivity contribution in [1.82, 2.24) is 9.62 Å². The number of nitrogens with one attached hydrogen (secondary N) is 1. The van der Waals surface area contributed by atoms with Crippen molar-refractivity contribution >= 4 is 27.9 Å². The predicted molar refractivity (Wildman–Crippen MR) is 88.6 cm³/mol. The number of carbonyl (C=O) groups excluding carboxylic acids is 3. The molecule has 0 bridgehead atoms. The van der Waals surface area contributed by atoms with E-state index >= 15 is 0 Å². The highest BCUT2D eigenvalue weighted by Gasteiger charge is 2.30. The van der Waals surface area contributed by atoms with Crippen molar-refractivity contribution in [1.29, 1.82) is 0 Å². The predicted octanol–water partition coefficient (Wildman–Crippen LogP) is -0.413. The van der Waals surface area contributed by atoms with Gasteiger partial charge in [-0.15, -0.1) is 0 Å². The number of ether oxygens (including phenoxy) is 2. The van der Waals surface area contributed by atoms with E-state index in [9.17, 15) is 27.2 Å². The van der Waals surface area contributed by atoms with Crippen LogP contribution in [0.2, 0.25) is 0 Å². The van der Waals surface area contributed by atoms with Crippen molar-refractivity contribution in [2.75, 3.05) is 26.3 Å². The highest BCUT2D eigenvalue weighted by molar-refractivity contribution is 7.89. The number of imide groups is 1. The fourth-order valence-corrected chi connectivity index (χ4v) is 3.76. The molecule has 0 radical (unpaired) electrons. The van der Waals surface area contributed by atoms with Gasteiger partial charge in [-0.05, 0) is 25.1 Å². The molecule has 12 heteroatoms. The third-order valence-electron chi connectivity index (χ3n) is 3.65. The van der Waals surface area contributed by atoms with Crippen LogP contribution in [-0.2, 0) is 24.3 Å². The van der Waals surface area contributed by atoms with Gasteiger partial charge < -0.3 is 15.2 Å². The van der Waals surface area contributed by atoms with E-state index < -0.39 is 44.7 Å². The van der Waals surface area contributed by atoms with Gasteiger partial charge in [-0.3, -0.25) is 10.1 Å². The molecule has 0 spiro atoms. The van der Waals surface area contributed by atoms with Gasteiger partial charge in [0.1, 0.15) is 10.7 Å². The van der Waals surface area contributed by atoms with Gasteiger partial charge in [0.25, 0.3) is 5.91 Å². The highest BCUT2D eigenvalue weighted by atomic mass is 32.2. The summed E-state index contributed by atoms with van der Waals surface area (Å²) in [6.07, 6.45) is -1.38. The number of carbonyl (C=O) groups is 3. The van der Waals surface area contributed by atoms with Crippen molar-refractivity contribution in [3.05, 3.63) is 29.6 Å². The molecule has 1 saturated heterocycles. The van der Waals surface area contributed by atoms with Crippen LogP contribution < -0.4 is 11.1 Å². The number of benzene rings is 1. The SMILES string of the molecule is CC(OC(=O)c1ccc(F)c(S(=O)(=O)N2CCOCC2)c1)C(=O)NC(N)=O. The summed E-state index contributed by atoms with van der Waals surface area (Å²) in [6, 6.07) is 1.55. The molecule has 1 aromatic carbocycles. The molecule has 148 valence electrons. The van der Waals surface area contributed by atoms with Gasteiger partial charge in [0, 0.05) is 13.1 Å². The molecule has 1 aliphatic rings. The maximum Gasteiger partial charge on any atom is 0.338 e. The molecule has 1 fully saturated rings. The Kier molecular flexibility index (Phi) is 6.46. The van der Waals surface area contributed by atoms with Gasteiger partial charge in [0.05, 0.1) is 18.8 Å². The molecule has 2 rings (SSSR count). The number of morpholine rings is 1. The zero-order valence-electron chi connectivity index (χ0n) is 14.3. The Bertz CT molecular complexity index is 853. The highest BCUT2D eigenvalue weighted by Crippen LogP contribution is 2.22. The average molecular weight is 403 g/mol. The Labute approximate surface area is 154 Å². The number of nitrogens with zero attached hydrogens (tertiary/aromatic N) is 1. The van der Waals surface area contributed by atoms with Crippen LogP contribution in [0, 0.1) is 5.82 Å². The van der Waals surface area contributed by atoms with Gasteiger partial charge in [-0.25, -0.2) is 22.4 Å². The number of primary amides is 1. The number of hydrogen-bond acceptors (Lipinski definition) is 7. The van der Waals surface area contributed by atoms with E-state index in [1.807, 2.05) is 0 Å². The van der Waals surface area contributed by atoms with E-state index in [2.05, 4.69) is 0 Å². The average Bonchev–Trinajstić information content (AvgIpc) is 2.61. The van der Waals surface area contributed by atoms with E-state index in [4.69, 9.17) is 15.2 Å². The van der Waals surface area contributed by atoms with Crippen LogP contribution in [0.5, 0.6) is 0 Å². The second-order valence-corrected chi connectivity index (χ2v) is 7.47. The van der Waals surface area contributed by atoms with Crippen LogP contribution in [0.3, 0.4) is 0 Å². The zero-order valence-corrected chi connectivity index (χ0v) is 15.1. The van der Waals surface area contributed by atoms with Crippen molar-refractivity contribution in [3.63, 3.8) is 0 Å². The first-order chi connectivity index (χ1) is 12.6. The summed E-state index contributed by atoms with van der Waals surface area (Å²) >= 11 is 0. The molecule has 27 heavy (non-hydrogen) atoms. The topological polar surface area (TPSA) is 145 Å². The maximum atomic E-state index is 14.1. The lowest BCUT2D eigenvalue weighted by atomic mass is 10.2. The summed E-state index contributed by atoms with van der Waals surface area (Å²) < 4.78 is 50.3. The smallest absolute Gasteiger partial charge is 0.338 e.